The third-order valence-electron chi connectivity index (χ3n) is 4.83. The number of benzene rings is 3. The number of nitrogens with one attached hydrogen (secondary N) is 1. The van der Waals surface area contributed by atoms with Crippen LogP contribution < -0.4 is 10.1 Å². The van der Waals surface area contributed by atoms with Gasteiger partial charge in [0, 0.05) is 21.3 Å². The molecule has 3 aromatic carbocycles. The van der Waals surface area contributed by atoms with Crippen LogP contribution in [0, 0.1) is 0 Å². The molecular weight excluding hydrogens is 495 g/mol. The lowest BCUT2D eigenvalue weighted by molar-refractivity contribution is -0.127. The van der Waals surface area contributed by atoms with Gasteiger partial charge in [-0.25, -0.2) is 0 Å². The summed E-state index contributed by atoms with van der Waals surface area (Å²) in [6.45, 7) is -0.0462. The molecule has 9 heteroatoms. The Hall–Kier alpha value is -3.26. The van der Waals surface area contributed by atoms with Gasteiger partial charge in [-0.2, -0.15) is 0 Å². The summed E-state index contributed by atoms with van der Waals surface area (Å²) < 4.78 is 5.76. The average Bonchev–Trinajstić information content (AvgIpc) is 3.08. The second-order valence-corrected chi connectivity index (χ2v) is 9.11. The van der Waals surface area contributed by atoms with Gasteiger partial charge in [0.15, 0.2) is 0 Å². The van der Waals surface area contributed by atoms with E-state index < -0.39 is 17.1 Å². The van der Waals surface area contributed by atoms with E-state index in [1.807, 2.05) is 18.2 Å². The van der Waals surface area contributed by atoms with Crippen molar-refractivity contribution >= 4 is 63.8 Å². The maximum atomic E-state index is 12.7. The number of imide groups is 1. The average molecular weight is 513 g/mol. The molecular formula is C25H18Cl2N2O4S. The number of ether oxygens (including phenoxy) is 1. The first-order chi connectivity index (χ1) is 16.4. The minimum Gasteiger partial charge on any atom is -0.489 e. The molecule has 0 atom stereocenters. The predicted molar refractivity (Wildman–Crippen MR) is 135 cm³/mol. The van der Waals surface area contributed by atoms with Crippen molar-refractivity contribution in [2.24, 2.45) is 0 Å². The number of halogens is 2. The monoisotopic (exact) mass is 512 g/mol. The molecule has 0 spiro atoms. The van der Waals surface area contributed by atoms with Crippen LogP contribution in [-0.4, -0.2) is 28.5 Å². The minimum absolute atomic E-state index is 0.244. The van der Waals surface area contributed by atoms with Crippen LogP contribution in [0.3, 0.4) is 0 Å². The summed E-state index contributed by atoms with van der Waals surface area (Å²) in [5.41, 5.74) is 2.12. The first-order valence-corrected chi connectivity index (χ1v) is 11.7. The predicted octanol–water partition coefficient (Wildman–Crippen LogP) is 6.25. The maximum absolute atomic E-state index is 12.7. The smallest absolute Gasteiger partial charge is 0.294 e. The molecule has 0 aliphatic carbocycles. The quantitative estimate of drug-likeness (QED) is 0.378. The number of hydrogen-bond donors (Lipinski definition) is 1. The highest BCUT2D eigenvalue weighted by Crippen LogP contribution is 2.32. The number of amides is 3. The Bertz CT molecular complexity index is 1260. The standard InChI is InChI=1S/C25H18Cl2N2O4S/c26-18-7-9-19(10-8-18)28-23(30)14-29-24(31)22(34-25(29)32)13-16-5-11-20(12-6-16)33-15-17-3-1-2-4-21(17)27/h1-13H,14-15H2,(H,28,30)/b22-13+. The molecule has 0 radical (unpaired) electrons. The summed E-state index contributed by atoms with van der Waals surface area (Å²) in [7, 11) is 0. The lowest BCUT2D eigenvalue weighted by Crippen LogP contribution is -2.36. The molecule has 1 aliphatic rings. The molecule has 0 bridgehead atoms. The van der Waals surface area contributed by atoms with Crippen molar-refractivity contribution in [2.45, 2.75) is 6.61 Å². The summed E-state index contributed by atoms with van der Waals surface area (Å²) in [6, 6.07) is 21.1. The Kier molecular flexibility index (Phi) is 7.57. The fraction of sp³-hybridized carbons (Fsp3) is 0.0800. The highest BCUT2D eigenvalue weighted by Gasteiger charge is 2.36. The Labute approximate surface area is 210 Å². The van der Waals surface area contributed by atoms with Gasteiger partial charge in [0.25, 0.3) is 11.1 Å². The highest BCUT2D eigenvalue weighted by molar-refractivity contribution is 8.18. The van der Waals surface area contributed by atoms with Crippen LogP contribution in [0.5, 0.6) is 5.75 Å². The maximum Gasteiger partial charge on any atom is 0.294 e. The zero-order valence-corrected chi connectivity index (χ0v) is 20.0. The van der Waals surface area contributed by atoms with Gasteiger partial charge in [0.05, 0.1) is 4.91 Å². The Balaban J connectivity index is 1.36. The van der Waals surface area contributed by atoms with Crippen molar-refractivity contribution in [2.75, 3.05) is 11.9 Å². The highest BCUT2D eigenvalue weighted by atomic mass is 35.5. The molecule has 1 aliphatic heterocycles. The van der Waals surface area contributed by atoms with Crippen molar-refractivity contribution in [3.05, 3.63) is 98.9 Å². The molecule has 3 amide bonds. The molecule has 0 aromatic heterocycles. The molecule has 1 fully saturated rings. The van der Waals surface area contributed by atoms with Crippen LogP contribution in [0.1, 0.15) is 11.1 Å². The molecule has 6 nitrogen and oxygen atoms in total. The SMILES string of the molecule is O=C(CN1C(=O)S/C(=C/c2ccc(OCc3ccccc3Cl)cc2)C1=O)Nc1ccc(Cl)cc1. The van der Waals surface area contributed by atoms with Gasteiger partial charge in [-0.05, 0) is 65.9 Å². The molecule has 4 rings (SSSR count). The number of thioether (sulfide) groups is 1. The molecule has 1 heterocycles. The summed E-state index contributed by atoms with van der Waals surface area (Å²) in [4.78, 5) is 38.5. The number of hydrogen-bond acceptors (Lipinski definition) is 5. The molecule has 172 valence electrons. The third-order valence-corrected chi connectivity index (χ3v) is 6.36. The van der Waals surface area contributed by atoms with E-state index in [9.17, 15) is 14.4 Å². The first-order valence-electron chi connectivity index (χ1n) is 10.2. The normalized spacial score (nSPS) is 14.5. The van der Waals surface area contributed by atoms with E-state index >= 15 is 0 Å². The van der Waals surface area contributed by atoms with Crippen LogP contribution in [0.25, 0.3) is 6.08 Å². The Morgan fingerprint density at radius 1 is 0.971 bits per heavy atom. The molecule has 1 N–H and O–H groups in total. The van der Waals surface area contributed by atoms with Gasteiger partial charge in [-0.3, -0.25) is 19.3 Å². The van der Waals surface area contributed by atoms with Gasteiger partial charge in [-0.15, -0.1) is 0 Å². The number of rotatable bonds is 7. The summed E-state index contributed by atoms with van der Waals surface area (Å²) >= 11 is 12.8. The largest absolute Gasteiger partial charge is 0.489 e. The number of carbonyl (C=O) groups is 3. The molecule has 34 heavy (non-hydrogen) atoms. The minimum atomic E-state index is -0.514. The van der Waals surface area contributed by atoms with Crippen molar-refractivity contribution in [1.82, 2.24) is 4.90 Å². The summed E-state index contributed by atoms with van der Waals surface area (Å²) in [5.74, 6) is -0.352. The molecule has 1 saturated heterocycles. The third kappa shape index (κ3) is 5.99. The fourth-order valence-electron chi connectivity index (χ4n) is 3.10. The van der Waals surface area contributed by atoms with Gasteiger partial charge < -0.3 is 10.1 Å². The zero-order valence-electron chi connectivity index (χ0n) is 17.7. The second kappa shape index (κ2) is 10.8. The number of carbonyl (C=O) groups excluding carboxylic acids is 3. The van der Waals surface area contributed by atoms with Crippen molar-refractivity contribution in [3.8, 4) is 5.75 Å². The molecule has 3 aromatic rings. The van der Waals surface area contributed by atoms with Gasteiger partial charge in [0.1, 0.15) is 18.9 Å². The first kappa shape index (κ1) is 23.9. The van der Waals surface area contributed by atoms with Gasteiger partial charge in [-0.1, -0.05) is 53.5 Å². The summed E-state index contributed by atoms with van der Waals surface area (Å²) in [5, 5.41) is 3.31. The van der Waals surface area contributed by atoms with E-state index in [0.29, 0.717) is 28.1 Å². The van der Waals surface area contributed by atoms with Crippen LogP contribution >= 0.6 is 35.0 Å². The topological polar surface area (TPSA) is 75.7 Å². The van der Waals surface area contributed by atoms with Gasteiger partial charge in [0.2, 0.25) is 5.91 Å². The van der Waals surface area contributed by atoms with Crippen LogP contribution in [0.4, 0.5) is 10.5 Å². The Morgan fingerprint density at radius 2 is 1.68 bits per heavy atom. The molecule has 0 unspecified atom stereocenters. The van der Waals surface area contributed by atoms with E-state index in [0.717, 1.165) is 27.8 Å². The van der Waals surface area contributed by atoms with E-state index in [2.05, 4.69) is 5.32 Å². The van der Waals surface area contributed by atoms with E-state index in [1.54, 1.807) is 60.7 Å². The Morgan fingerprint density at radius 3 is 2.38 bits per heavy atom. The van der Waals surface area contributed by atoms with Crippen molar-refractivity contribution in [3.63, 3.8) is 0 Å². The van der Waals surface area contributed by atoms with Gasteiger partial charge >= 0.3 is 0 Å². The number of anilines is 1. The lowest BCUT2D eigenvalue weighted by atomic mass is 10.2. The molecule has 0 saturated carbocycles. The lowest BCUT2D eigenvalue weighted by Gasteiger charge is -2.12. The van der Waals surface area contributed by atoms with Crippen molar-refractivity contribution < 1.29 is 19.1 Å². The van der Waals surface area contributed by atoms with Crippen LogP contribution in [0.2, 0.25) is 10.0 Å². The van der Waals surface area contributed by atoms with E-state index in [1.165, 1.54) is 0 Å². The van der Waals surface area contributed by atoms with Crippen molar-refractivity contribution in [1.29, 1.82) is 0 Å². The van der Waals surface area contributed by atoms with Crippen LogP contribution in [0.15, 0.2) is 77.7 Å². The van der Waals surface area contributed by atoms with E-state index in [-0.39, 0.29) is 11.4 Å². The van der Waals surface area contributed by atoms with E-state index in [4.69, 9.17) is 27.9 Å². The second-order valence-electron chi connectivity index (χ2n) is 7.27. The van der Waals surface area contributed by atoms with Crippen LogP contribution in [-0.2, 0) is 16.2 Å². The number of nitrogens with zero attached hydrogens (tertiary/aromatic N) is 1. The fourth-order valence-corrected chi connectivity index (χ4v) is 4.26. The summed E-state index contributed by atoms with van der Waals surface area (Å²) in [6.07, 6.45) is 1.61. The zero-order chi connectivity index (χ0) is 24.1.